The van der Waals surface area contributed by atoms with Gasteiger partial charge in [-0.2, -0.15) is 0 Å². The molecule has 0 radical (unpaired) electrons. The number of aromatic nitrogens is 3. The van der Waals surface area contributed by atoms with Crippen molar-refractivity contribution >= 4 is 40.5 Å². The summed E-state index contributed by atoms with van der Waals surface area (Å²) < 4.78 is 2.20. The maximum atomic E-state index is 11.0. The van der Waals surface area contributed by atoms with E-state index in [0.29, 0.717) is 5.11 Å². The molecule has 10 heteroatoms. The van der Waals surface area contributed by atoms with Crippen LogP contribution in [0, 0.1) is 30.9 Å². The van der Waals surface area contributed by atoms with Gasteiger partial charge >= 0.3 is 0 Å². The summed E-state index contributed by atoms with van der Waals surface area (Å²) in [4.78, 5) is 24.1. The average Bonchev–Trinajstić information content (AvgIpc) is 3.48. The number of nitrogens with zero attached hydrogens (tertiary/aromatic N) is 5. The van der Waals surface area contributed by atoms with E-state index in [4.69, 9.17) is 17.2 Å². The summed E-state index contributed by atoms with van der Waals surface area (Å²) in [5.41, 5.74) is 6.43. The number of benzene rings is 2. The number of rotatable bonds is 7. The van der Waals surface area contributed by atoms with Crippen molar-refractivity contribution in [2.45, 2.75) is 42.6 Å². The zero-order valence-electron chi connectivity index (χ0n) is 23.3. The molecular formula is C32H28N6O2S2. The number of hydrogen-bond donors (Lipinski definition) is 1. The number of nitro groups is 1. The first-order chi connectivity index (χ1) is 20.3. The van der Waals surface area contributed by atoms with Crippen LogP contribution in [0.25, 0.3) is 5.82 Å². The molecule has 0 saturated carbocycles. The summed E-state index contributed by atoms with van der Waals surface area (Å²) in [6.07, 6.45) is 3.65. The monoisotopic (exact) mass is 592 g/mol. The van der Waals surface area contributed by atoms with Crippen LogP contribution in [0.1, 0.15) is 40.3 Å². The molecule has 6 rings (SSSR count). The molecule has 42 heavy (non-hydrogen) atoms. The second kappa shape index (κ2) is 11.4. The van der Waals surface area contributed by atoms with Crippen molar-refractivity contribution in [3.8, 4) is 5.82 Å². The van der Waals surface area contributed by atoms with Crippen molar-refractivity contribution in [1.82, 2.24) is 19.9 Å². The number of non-ortho nitro benzene ring substituents is 1. The highest BCUT2D eigenvalue weighted by Gasteiger charge is 2.42. The van der Waals surface area contributed by atoms with Crippen molar-refractivity contribution in [3.05, 3.63) is 136 Å². The normalized spacial score (nSPS) is 16.5. The highest BCUT2D eigenvalue weighted by molar-refractivity contribution is 7.99. The third kappa shape index (κ3) is 5.26. The molecule has 210 valence electrons. The van der Waals surface area contributed by atoms with Crippen molar-refractivity contribution in [2.24, 2.45) is 0 Å². The van der Waals surface area contributed by atoms with Crippen molar-refractivity contribution in [2.75, 3.05) is 4.90 Å². The molecule has 4 heterocycles. The Hall–Kier alpha value is -4.54. The first kappa shape index (κ1) is 27.6. The molecule has 1 fully saturated rings. The Morgan fingerprint density at radius 1 is 0.905 bits per heavy atom. The van der Waals surface area contributed by atoms with Crippen LogP contribution in [0.15, 0.2) is 107 Å². The average molecular weight is 593 g/mol. The van der Waals surface area contributed by atoms with E-state index in [0.717, 1.165) is 49.5 Å². The van der Waals surface area contributed by atoms with Crippen LogP contribution >= 0.6 is 24.0 Å². The van der Waals surface area contributed by atoms with Crippen molar-refractivity contribution < 1.29 is 4.92 Å². The smallest absolute Gasteiger partial charge is 0.269 e. The highest BCUT2D eigenvalue weighted by atomic mass is 32.2. The first-order valence-electron chi connectivity index (χ1n) is 13.4. The molecule has 1 N–H and O–H groups in total. The summed E-state index contributed by atoms with van der Waals surface area (Å²) >= 11 is 7.50. The zero-order chi connectivity index (χ0) is 29.4. The molecule has 2 aromatic carbocycles. The molecule has 1 aliphatic rings. The summed E-state index contributed by atoms with van der Waals surface area (Å²) in [5, 5.41) is 15.2. The molecule has 0 bridgehead atoms. The maximum Gasteiger partial charge on any atom is 0.269 e. The van der Waals surface area contributed by atoms with E-state index in [9.17, 15) is 10.1 Å². The molecule has 1 aliphatic heterocycles. The Labute approximate surface area is 253 Å². The van der Waals surface area contributed by atoms with Crippen LogP contribution in [0.2, 0.25) is 0 Å². The number of thiocarbonyl (C=S) groups is 1. The van der Waals surface area contributed by atoms with Crippen LogP contribution in [0.4, 0.5) is 11.4 Å². The second-order valence-corrected chi connectivity index (χ2v) is 11.7. The summed E-state index contributed by atoms with van der Waals surface area (Å²) in [7, 11) is 0. The van der Waals surface area contributed by atoms with Gasteiger partial charge in [0, 0.05) is 51.4 Å². The maximum absolute atomic E-state index is 11.0. The standard InChI is InChI=1S/C32H28N6O2S2/c1-20-15-17-34-29(18-20)36-21(2)19-27(22(36)3)31-30(28-6-4-5-16-33-28)35-32(41)37(31)23-7-11-25(12-8-23)42-26-13-9-24(10-14-26)38(39)40/h4-19,30-31H,1-3H3,(H,35,41)/t30-,31+/m0/s1. The van der Waals surface area contributed by atoms with Crippen LogP contribution < -0.4 is 10.2 Å². The van der Waals surface area contributed by atoms with E-state index in [1.54, 1.807) is 23.9 Å². The van der Waals surface area contributed by atoms with Gasteiger partial charge in [-0.25, -0.2) is 4.98 Å². The molecule has 3 aromatic heterocycles. The molecule has 2 atom stereocenters. The summed E-state index contributed by atoms with van der Waals surface area (Å²) in [6, 6.07) is 26.8. The largest absolute Gasteiger partial charge is 0.351 e. The SMILES string of the molecule is Cc1ccnc(-n2c(C)cc([C@@H]3[C@H](c4ccccn4)NC(=S)N3c3ccc(Sc4ccc([N+](=O)[O-])cc4)cc3)c2C)c1. The fourth-order valence-electron chi connectivity index (χ4n) is 5.48. The van der Waals surface area contributed by atoms with Gasteiger partial charge in [-0.3, -0.25) is 15.1 Å². The molecule has 5 aromatic rings. The third-order valence-electron chi connectivity index (χ3n) is 7.42. The van der Waals surface area contributed by atoms with E-state index >= 15 is 0 Å². The van der Waals surface area contributed by atoms with Gasteiger partial charge in [-0.05, 0) is 111 Å². The van der Waals surface area contributed by atoms with Crippen LogP contribution in [0.5, 0.6) is 0 Å². The lowest BCUT2D eigenvalue weighted by Crippen LogP contribution is -2.29. The number of nitro benzene ring substituents is 1. The van der Waals surface area contributed by atoms with Gasteiger partial charge in [0.25, 0.3) is 5.69 Å². The predicted octanol–water partition coefficient (Wildman–Crippen LogP) is 7.43. The van der Waals surface area contributed by atoms with Gasteiger partial charge in [0.2, 0.25) is 0 Å². The molecule has 1 saturated heterocycles. The van der Waals surface area contributed by atoms with E-state index < -0.39 is 0 Å². The zero-order valence-corrected chi connectivity index (χ0v) is 24.9. The molecule has 0 unspecified atom stereocenters. The lowest BCUT2D eigenvalue weighted by molar-refractivity contribution is -0.384. The Morgan fingerprint density at radius 2 is 1.62 bits per heavy atom. The fourth-order valence-corrected chi connectivity index (χ4v) is 6.64. The van der Waals surface area contributed by atoms with Crippen molar-refractivity contribution in [3.63, 3.8) is 0 Å². The lowest BCUT2D eigenvalue weighted by atomic mass is 9.96. The van der Waals surface area contributed by atoms with Gasteiger partial charge < -0.3 is 14.8 Å². The fraction of sp³-hybridized carbons (Fsp3) is 0.156. The first-order valence-corrected chi connectivity index (χ1v) is 14.7. The van der Waals surface area contributed by atoms with Gasteiger partial charge in [-0.15, -0.1) is 0 Å². The Bertz CT molecular complexity index is 1770. The van der Waals surface area contributed by atoms with E-state index in [-0.39, 0.29) is 22.7 Å². The second-order valence-electron chi connectivity index (χ2n) is 10.2. The van der Waals surface area contributed by atoms with Gasteiger partial charge in [0.15, 0.2) is 5.11 Å². The molecular weight excluding hydrogens is 565 g/mol. The minimum absolute atomic E-state index is 0.0794. The van der Waals surface area contributed by atoms with Crippen molar-refractivity contribution in [1.29, 1.82) is 0 Å². The Morgan fingerprint density at radius 3 is 2.26 bits per heavy atom. The van der Waals surface area contributed by atoms with Crippen LogP contribution in [-0.4, -0.2) is 24.6 Å². The van der Waals surface area contributed by atoms with Gasteiger partial charge in [-0.1, -0.05) is 17.8 Å². The molecule has 8 nitrogen and oxygen atoms in total. The Balaban J connectivity index is 1.37. The number of aryl methyl sites for hydroxylation is 2. The minimum atomic E-state index is -0.389. The van der Waals surface area contributed by atoms with Gasteiger partial charge in [0.1, 0.15) is 5.82 Å². The number of hydrogen-bond acceptors (Lipinski definition) is 6. The van der Waals surface area contributed by atoms with Crippen LogP contribution in [-0.2, 0) is 0 Å². The summed E-state index contributed by atoms with van der Waals surface area (Å²) in [6.45, 7) is 6.30. The summed E-state index contributed by atoms with van der Waals surface area (Å²) in [5.74, 6) is 0.887. The predicted molar refractivity (Wildman–Crippen MR) is 169 cm³/mol. The number of pyridine rings is 2. The Kier molecular flexibility index (Phi) is 7.49. The van der Waals surface area contributed by atoms with Gasteiger partial charge in [0.05, 0.1) is 22.7 Å². The molecule has 0 spiro atoms. The quantitative estimate of drug-likeness (QED) is 0.119. The highest BCUT2D eigenvalue weighted by Crippen LogP contribution is 2.44. The molecule has 0 aliphatic carbocycles. The topological polar surface area (TPSA) is 89.1 Å². The van der Waals surface area contributed by atoms with E-state index in [1.165, 1.54) is 12.1 Å². The third-order valence-corrected chi connectivity index (χ3v) is 8.75. The van der Waals surface area contributed by atoms with Crippen LogP contribution in [0.3, 0.4) is 0 Å². The van der Waals surface area contributed by atoms with E-state index in [2.05, 4.69) is 76.9 Å². The minimum Gasteiger partial charge on any atom is -0.351 e. The van der Waals surface area contributed by atoms with E-state index in [1.807, 2.05) is 36.7 Å². The molecule has 0 amide bonds. The lowest BCUT2D eigenvalue weighted by Gasteiger charge is -2.28. The number of anilines is 1. The number of nitrogens with one attached hydrogen (secondary N) is 1.